The molecular formula is C14H16ClN5O. The van der Waals surface area contributed by atoms with E-state index in [0.29, 0.717) is 35.8 Å². The standard InChI is InChI=1S/C14H16ClN5O/c1-8-6-21-7-12(18-8)9-4-11(19-13(15)5-9)10-2-3-17-14(16)20-10/h2-5,8,12,18H,6-7H2,1H3,(H2,16,17,20)/t8-,12+/m1/s1. The zero-order chi connectivity index (χ0) is 14.8. The second kappa shape index (κ2) is 5.93. The summed E-state index contributed by atoms with van der Waals surface area (Å²) in [7, 11) is 0. The Bertz CT molecular complexity index is 651. The molecule has 1 aliphatic heterocycles. The SMILES string of the molecule is C[C@@H]1COC[C@@H](c2cc(Cl)nc(-c3ccnc(N)n3)c2)N1. The molecule has 1 fully saturated rings. The van der Waals surface area contributed by atoms with Crippen LogP contribution in [0.15, 0.2) is 24.4 Å². The summed E-state index contributed by atoms with van der Waals surface area (Å²) in [5.74, 6) is 0.212. The van der Waals surface area contributed by atoms with Gasteiger partial charge in [-0.15, -0.1) is 0 Å². The van der Waals surface area contributed by atoms with Crippen LogP contribution in [0.1, 0.15) is 18.5 Å². The van der Waals surface area contributed by atoms with Crippen LogP contribution in [0.3, 0.4) is 0 Å². The fourth-order valence-corrected chi connectivity index (χ4v) is 2.58. The highest BCUT2D eigenvalue weighted by molar-refractivity contribution is 6.29. The van der Waals surface area contributed by atoms with Gasteiger partial charge in [-0.05, 0) is 30.7 Å². The first-order valence-corrected chi connectivity index (χ1v) is 7.10. The summed E-state index contributed by atoms with van der Waals surface area (Å²) < 4.78 is 5.58. The molecule has 2 aromatic rings. The van der Waals surface area contributed by atoms with Gasteiger partial charge in [0.05, 0.1) is 30.6 Å². The number of nitrogen functional groups attached to an aromatic ring is 1. The van der Waals surface area contributed by atoms with E-state index in [-0.39, 0.29) is 12.0 Å². The molecule has 7 heteroatoms. The fraction of sp³-hybridized carbons (Fsp3) is 0.357. The third-order valence-corrected chi connectivity index (χ3v) is 3.49. The van der Waals surface area contributed by atoms with Gasteiger partial charge >= 0.3 is 0 Å². The highest BCUT2D eigenvalue weighted by Gasteiger charge is 2.21. The molecule has 0 radical (unpaired) electrons. The lowest BCUT2D eigenvalue weighted by Gasteiger charge is -2.29. The van der Waals surface area contributed by atoms with Gasteiger partial charge in [-0.2, -0.15) is 0 Å². The average Bonchev–Trinajstić information content (AvgIpc) is 2.46. The van der Waals surface area contributed by atoms with Crippen molar-refractivity contribution in [3.05, 3.63) is 35.1 Å². The predicted octanol–water partition coefficient (Wildman–Crippen LogP) is 1.82. The molecule has 3 N–H and O–H groups in total. The third-order valence-electron chi connectivity index (χ3n) is 3.29. The van der Waals surface area contributed by atoms with Crippen LogP contribution in [0.2, 0.25) is 5.15 Å². The highest BCUT2D eigenvalue weighted by Crippen LogP contribution is 2.25. The van der Waals surface area contributed by atoms with E-state index < -0.39 is 0 Å². The van der Waals surface area contributed by atoms with Crippen LogP contribution >= 0.6 is 11.6 Å². The summed E-state index contributed by atoms with van der Waals surface area (Å²) in [4.78, 5) is 12.4. The van der Waals surface area contributed by atoms with Gasteiger partial charge in [0, 0.05) is 12.2 Å². The van der Waals surface area contributed by atoms with Crippen molar-refractivity contribution < 1.29 is 4.74 Å². The molecular weight excluding hydrogens is 290 g/mol. The molecule has 3 heterocycles. The number of nitrogens with zero attached hydrogens (tertiary/aromatic N) is 3. The van der Waals surface area contributed by atoms with E-state index >= 15 is 0 Å². The Kier molecular flexibility index (Phi) is 4.01. The van der Waals surface area contributed by atoms with Crippen molar-refractivity contribution in [2.75, 3.05) is 18.9 Å². The summed E-state index contributed by atoms with van der Waals surface area (Å²) >= 11 is 6.14. The molecule has 2 aromatic heterocycles. The number of hydrogen-bond acceptors (Lipinski definition) is 6. The lowest BCUT2D eigenvalue weighted by atomic mass is 10.0. The molecule has 0 amide bonds. The van der Waals surface area contributed by atoms with Crippen molar-refractivity contribution in [2.24, 2.45) is 0 Å². The van der Waals surface area contributed by atoms with Crippen molar-refractivity contribution in [3.8, 4) is 11.4 Å². The van der Waals surface area contributed by atoms with Crippen molar-refractivity contribution in [3.63, 3.8) is 0 Å². The number of nitrogens with one attached hydrogen (secondary N) is 1. The first-order chi connectivity index (χ1) is 10.1. The van der Waals surface area contributed by atoms with Crippen LogP contribution in [0.25, 0.3) is 11.4 Å². The average molecular weight is 306 g/mol. The Morgan fingerprint density at radius 1 is 1.29 bits per heavy atom. The number of aromatic nitrogens is 3. The molecule has 0 bridgehead atoms. The Hall–Kier alpha value is -1.76. The minimum Gasteiger partial charge on any atom is -0.378 e. The number of ether oxygens (including phenoxy) is 1. The van der Waals surface area contributed by atoms with Crippen molar-refractivity contribution in [1.29, 1.82) is 0 Å². The van der Waals surface area contributed by atoms with Crippen molar-refractivity contribution >= 4 is 17.5 Å². The van der Waals surface area contributed by atoms with Crippen molar-refractivity contribution in [1.82, 2.24) is 20.3 Å². The zero-order valence-corrected chi connectivity index (χ0v) is 12.3. The monoisotopic (exact) mass is 305 g/mol. The minimum absolute atomic E-state index is 0.0900. The van der Waals surface area contributed by atoms with E-state index in [2.05, 4.69) is 27.2 Å². The zero-order valence-electron chi connectivity index (χ0n) is 11.6. The van der Waals surface area contributed by atoms with Gasteiger partial charge in [-0.25, -0.2) is 15.0 Å². The van der Waals surface area contributed by atoms with E-state index in [1.54, 1.807) is 12.3 Å². The molecule has 1 aliphatic rings. The van der Waals surface area contributed by atoms with E-state index in [1.807, 2.05) is 12.1 Å². The smallest absolute Gasteiger partial charge is 0.220 e. The van der Waals surface area contributed by atoms with Gasteiger partial charge in [0.2, 0.25) is 5.95 Å². The largest absolute Gasteiger partial charge is 0.378 e. The number of pyridine rings is 1. The van der Waals surface area contributed by atoms with Crippen LogP contribution in [0.4, 0.5) is 5.95 Å². The van der Waals surface area contributed by atoms with Gasteiger partial charge in [0.1, 0.15) is 5.15 Å². The normalized spacial score (nSPS) is 22.2. The number of rotatable bonds is 2. The summed E-state index contributed by atoms with van der Waals surface area (Å²) in [6, 6.07) is 5.94. The summed E-state index contributed by atoms with van der Waals surface area (Å²) in [6.45, 7) is 3.40. The van der Waals surface area contributed by atoms with Gasteiger partial charge in [0.25, 0.3) is 0 Å². The summed E-state index contributed by atoms with van der Waals surface area (Å²) in [6.07, 6.45) is 1.60. The fourth-order valence-electron chi connectivity index (χ4n) is 2.36. The molecule has 1 saturated heterocycles. The number of hydrogen-bond donors (Lipinski definition) is 2. The number of anilines is 1. The highest BCUT2D eigenvalue weighted by atomic mass is 35.5. The van der Waals surface area contributed by atoms with E-state index in [4.69, 9.17) is 22.1 Å². The number of nitrogens with two attached hydrogens (primary N) is 1. The molecule has 110 valence electrons. The lowest BCUT2D eigenvalue weighted by molar-refractivity contribution is 0.0504. The molecule has 21 heavy (non-hydrogen) atoms. The van der Waals surface area contributed by atoms with Gasteiger partial charge in [0.15, 0.2) is 0 Å². The van der Waals surface area contributed by atoms with Crippen LogP contribution < -0.4 is 11.1 Å². The third kappa shape index (κ3) is 3.29. The second-order valence-corrected chi connectivity index (χ2v) is 5.45. The van der Waals surface area contributed by atoms with Crippen LogP contribution in [0, 0.1) is 0 Å². The van der Waals surface area contributed by atoms with Crippen LogP contribution in [-0.4, -0.2) is 34.2 Å². The first-order valence-electron chi connectivity index (χ1n) is 6.72. The first kappa shape index (κ1) is 14.2. The molecule has 2 atom stereocenters. The summed E-state index contributed by atoms with van der Waals surface area (Å²) in [5.41, 5.74) is 7.96. The lowest BCUT2D eigenvalue weighted by Crippen LogP contribution is -2.41. The molecule has 6 nitrogen and oxygen atoms in total. The molecule has 0 spiro atoms. The van der Waals surface area contributed by atoms with Crippen molar-refractivity contribution in [2.45, 2.75) is 19.0 Å². The Morgan fingerprint density at radius 2 is 2.14 bits per heavy atom. The maximum atomic E-state index is 6.14. The predicted molar refractivity (Wildman–Crippen MR) is 80.8 cm³/mol. The molecule has 0 aromatic carbocycles. The molecule has 3 rings (SSSR count). The van der Waals surface area contributed by atoms with Gasteiger partial charge in [-0.1, -0.05) is 11.6 Å². The number of halogens is 1. The van der Waals surface area contributed by atoms with E-state index in [1.165, 1.54) is 0 Å². The molecule has 0 aliphatic carbocycles. The van der Waals surface area contributed by atoms with Crippen LogP contribution in [-0.2, 0) is 4.74 Å². The minimum atomic E-state index is 0.0900. The maximum absolute atomic E-state index is 6.14. The Morgan fingerprint density at radius 3 is 2.90 bits per heavy atom. The summed E-state index contributed by atoms with van der Waals surface area (Å²) in [5, 5.41) is 3.90. The topological polar surface area (TPSA) is 86.0 Å². The van der Waals surface area contributed by atoms with Gasteiger partial charge in [-0.3, -0.25) is 0 Å². The molecule has 0 unspecified atom stereocenters. The van der Waals surface area contributed by atoms with E-state index in [0.717, 1.165) is 5.56 Å². The van der Waals surface area contributed by atoms with E-state index in [9.17, 15) is 0 Å². The number of morpholine rings is 1. The van der Waals surface area contributed by atoms with Gasteiger partial charge < -0.3 is 15.8 Å². The Labute approximate surface area is 127 Å². The second-order valence-electron chi connectivity index (χ2n) is 5.07. The quantitative estimate of drug-likeness (QED) is 0.823. The maximum Gasteiger partial charge on any atom is 0.220 e. The Balaban J connectivity index is 1.96. The van der Waals surface area contributed by atoms with Crippen LogP contribution in [0.5, 0.6) is 0 Å². The molecule has 0 saturated carbocycles.